The maximum absolute atomic E-state index is 6.53. The number of nitrogens with zero attached hydrogens (tertiary/aromatic N) is 2. The summed E-state index contributed by atoms with van der Waals surface area (Å²) in [6.07, 6.45) is 3.91. The molecular weight excluding hydrogens is 210 g/mol. The molecule has 0 aromatic heterocycles. The zero-order valence-corrected chi connectivity index (χ0v) is 11.9. The molecule has 2 fully saturated rings. The molecule has 0 bridgehead atoms. The van der Waals surface area contributed by atoms with Gasteiger partial charge in [0.2, 0.25) is 0 Å². The number of nitrogens with two attached hydrogens (primary N) is 1. The third kappa shape index (κ3) is 2.67. The first-order valence-corrected chi connectivity index (χ1v) is 7.12. The van der Waals surface area contributed by atoms with Crippen LogP contribution in [0.3, 0.4) is 0 Å². The van der Waals surface area contributed by atoms with E-state index in [1.807, 2.05) is 0 Å². The summed E-state index contributed by atoms with van der Waals surface area (Å²) in [5.74, 6) is 0. The van der Waals surface area contributed by atoms with E-state index < -0.39 is 0 Å². The van der Waals surface area contributed by atoms with Gasteiger partial charge in [-0.2, -0.15) is 0 Å². The molecule has 17 heavy (non-hydrogen) atoms. The normalized spacial score (nSPS) is 40.4. The van der Waals surface area contributed by atoms with E-state index in [0.29, 0.717) is 23.5 Å². The van der Waals surface area contributed by atoms with Crippen LogP contribution in [0.5, 0.6) is 0 Å². The van der Waals surface area contributed by atoms with Crippen molar-refractivity contribution in [2.75, 3.05) is 26.7 Å². The van der Waals surface area contributed by atoms with Crippen LogP contribution in [0.1, 0.15) is 40.0 Å². The third-order valence-corrected chi connectivity index (χ3v) is 4.95. The van der Waals surface area contributed by atoms with Crippen molar-refractivity contribution in [3.05, 3.63) is 0 Å². The van der Waals surface area contributed by atoms with Crippen LogP contribution < -0.4 is 5.73 Å². The maximum Gasteiger partial charge on any atom is 0.0256 e. The minimum Gasteiger partial charge on any atom is -0.326 e. The van der Waals surface area contributed by atoms with Crippen molar-refractivity contribution in [3.8, 4) is 0 Å². The van der Waals surface area contributed by atoms with Crippen LogP contribution in [-0.4, -0.2) is 54.6 Å². The first kappa shape index (κ1) is 13.3. The van der Waals surface area contributed by atoms with Crippen molar-refractivity contribution in [1.82, 2.24) is 9.80 Å². The smallest absolute Gasteiger partial charge is 0.0256 e. The van der Waals surface area contributed by atoms with E-state index in [1.165, 1.54) is 38.9 Å². The molecule has 100 valence electrons. The highest BCUT2D eigenvalue weighted by molar-refractivity contribution is 4.98. The van der Waals surface area contributed by atoms with Gasteiger partial charge in [-0.25, -0.2) is 0 Å². The van der Waals surface area contributed by atoms with Gasteiger partial charge >= 0.3 is 0 Å². The minimum atomic E-state index is 0.311. The first-order chi connectivity index (χ1) is 7.92. The van der Waals surface area contributed by atoms with E-state index in [0.717, 1.165) is 0 Å². The monoisotopic (exact) mass is 239 g/mol. The molecule has 1 saturated carbocycles. The van der Waals surface area contributed by atoms with Crippen LogP contribution >= 0.6 is 0 Å². The molecule has 1 saturated heterocycles. The number of rotatable bonds is 1. The molecule has 2 N–H and O–H groups in total. The van der Waals surface area contributed by atoms with Crippen LogP contribution in [0.2, 0.25) is 0 Å². The molecule has 1 aliphatic carbocycles. The Morgan fingerprint density at radius 2 is 1.94 bits per heavy atom. The average Bonchev–Trinajstić information content (AvgIpc) is 2.23. The number of piperazine rings is 1. The van der Waals surface area contributed by atoms with Crippen LogP contribution in [0, 0.1) is 5.41 Å². The van der Waals surface area contributed by atoms with E-state index in [9.17, 15) is 0 Å². The fourth-order valence-electron chi connectivity index (χ4n) is 3.65. The van der Waals surface area contributed by atoms with Gasteiger partial charge in [0.05, 0.1) is 0 Å². The van der Waals surface area contributed by atoms with Gasteiger partial charge in [-0.05, 0) is 32.2 Å². The second-order valence-electron chi connectivity index (χ2n) is 6.82. The fourth-order valence-corrected chi connectivity index (χ4v) is 3.65. The molecular formula is C14H29N3. The van der Waals surface area contributed by atoms with Gasteiger partial charge in [-0.1, -0.05) is 20.3 Å². The van der Waals surface area contributed by atoms with Gasteiger partial charge in [0.15, 0.2) is 0 Å². The zero-order valence-electron chi connectivity index (χ0n) is 11.9. The molecule has 1 heterocycles. The van der Waals surface area contributed by atoms with Crippen LogP contribution in [-0.2, 0) is 0 Å². The van der Waals surface area contributed by atoms with E-state index in [-0.39, 0.29) is 0 Å². The lowest BCUT2D eigenvalue weighted by molar-refractivity contribution is 0.00600. The number of likely N-dealkylation sites (N-methyl/N-ethyl adjacent to an activating group) is 1. The van der Waals surface area contributed by atoms with Crippen LogP contribution in [0.25, 0.3) is 0 Å². The predicted molar refractivity (Wildman–Crippen MR) is 73.1 cm³/mol. The van der Waals surface area contributed by atoms with E-state index in [2.05, 4.69) is 37.6 Å². The van der Waals surface area contributed by atoms with Gasteiger partial charge in [-0.15, -0.1) is 0 Å². The molecule has 0 aromatic carbocycles. The lowest BCUT2D eigenvalue weighted by Crippen LogP contribution is -2.63. The average molecular weight is 239 g/mol. The molecule has 3 heteroatoms. The van der Waals surface area contributed by atoms with Crippen molar-refractivity contribution < 1.29 is 0 Å². The summed E-state index contributed by atoms with van der Waals surface area (Å²) in [5.41, 5.74) is 6.84. The topological polar surface area (TPSA) is 32.5 Å². The second kappa shape index (κ2) is 4.87. The summed E-state index contributed by atoms with van der Waals surface area (Å²) < 4.78 is 0. The Kier molecular flexibility index (Phi) is 3.81. The lowest BCUT2D eigenvalue weighted by atomic mass is 9.70. The Bertz CT molecular complexity index is 264. The van der Waals surface area contributed by atoms with Gasteiger partial charge in [0, 0.05) is 37.8 Å². The summed E-state index contributed by atoms with van der Waals surface area (Å²) >= 11 is 0. The molecule has 0 radical (unpaired) electrons. The number of hydrogen-bond donors (Lipinski definition) is 1. The summed E-state index contributed by atoms with van der Waals surface area (Å²) in [4.78, 5) is 5.10. The molecule has 0 amide bonds. The lowest BCUT2D eigenvalue weighted by Gasteiger charge is -2.51. The van der Waals surface area contributed by atoms with E-state index in [4.69, 9.17) is 5.73 Å². The van der Waals surface area contributed by atoms with Crippen molar-refractivity contribution in [1.29, 1.82) is 0 Å². The summed E-state index contributed by atoms with van der Waals surface area (Å²) in [6.45, 7) is 10.6. The quantitative estimate of drug-likeness (QED) is 0.753. The molecule has 2 aliphatic rings. The van der Waals surface area contributed by atoms with Crippen molar-refractivity contribution in [3.63, 3.8) is 0 Å². The standard InChI is InChI=1S/C14H29N3/c1-11-10-16(4)8-9-17(11)12-6-5-7-14(2,3)13(12)15/h11-13H,5-10,15H2,1-4H3. The molecule has 2 rings (SSSR count). The van der Waals surface area contributed by atoms with Gasteiger partial charge < -0.3 is 10.6 Å². The third-order valence-electron chi connectivity index (χ3n) is 4.95. The highest BCUT2D eigenvalue weighted by Gasteiger charge is 2.41. The number of hydrogen-bond acceptors (Lipinski definition) is 3. The van der Waals surface area contributed by atoms with Gasteiger partial charge in [0.25, 0.3) is 0 Å². The minimum absolute atomic E-state index is 0.311. The Hall–Kier alpha value is -0.120. The fraction of sp³-hybridized carbons (Fsp3) is 1.00. The highest BCUT2D eigenvalue weighted by atomic mass is 15.3. The maximum atomic E-state index is 6.53. The zero-order chi connectivity index (χ0) is 12.6. The van der Waals surface area contributed by atoms with E-state index in [1.54, 1.807) is 0 Å². The molecule has 3 nitrogen and oxygen atoms in total. The van der Waals surface area contributed by atoms with Crippen molar-refractivity contribution >= 4 is 0 Å². The van der Waals surface area contributed by atoms with Crippen LogP contribution in [0.15, 0.2) is 0 Å². The summed E-state index contributed by atoms with van der Waals surface area (Å²) in [6, 6.07) is 1.59. The van der Waals surface area contributed by atoms with Crippen LogP contribution in [0.4, 0.5) is 0 Å². The molecule has 0 aromatic rings. The largest absolute Gasteiger partial charge is 0.326 e. The first-order valence-electron chi connectivity index (χ1n) is 7.12. The Balaban J connectivity index is 2.06. The predicted octanol–water partition coefficient (Wildman–Crippen LogP) is 1.53. The Morgan fingerprint density at radius 1 is 1.24 bits per heavy atom. The van der Waals surface area contributed by atoms with E-state index >= 15 is 0 Å². The Labute approximate surface area is 106 Å². The SMILES string of the molecule is CC1CN(C)CCN1C1CCCC(C)(C)C1N. The molecule has 0 spiro atoms. The second-order valence-corrected chi connectivity index (χ2v) is 6.82. The Morgan fingerprint density at radius 3 is 2.59 bits per heavy atom. The molecule has 1 aliphatic heterocycles. The van der Waals surface area contributed by atoms with Crippen molar-refractivity contribution in [2.45, 2.75) is 58.2 Å². The summed E-state index contributed by atoms with van der Waals surface area (Å²) in [5, 5.41) is 0. The highest BCUT2D eigenvalue weighted by Crippen LogP contribution is 2.37. The van der Waals surface area contributed by atoms with Crippen molar-refractivity contribution in [2.24, 2.45) is 11.1 Å². The molecule has 3 atom stereocenters. The van der Waals surface area contributed by atoms with Gasteiger partial charge in [0.1, 0.15) is 0 Å². The summed E-state index contributed by atoms with van der Waals surface area (Å²) in [7, 11) is 2.22. The molecule has 3 unspecified atom stereocenters. The van der Waals surface area contributed by atoms with Gasteiger partial charge in [-0.3, -0.25) is 4.90 Å².